The lowest BCUT2D eigenvalue weighted by Crippen LogP contribution is -2.37. The maximum absolute atomic E-state index is 8.89. The molecule has 0 bridgehead atoms. The molecule has 0 aromatic carbocycles. The van der Waals surface area contributed by atoms with Gasteiger partial charge in [-0.25, -0.2) is 0 Å². The van der Waals surface area contributed by atoms with E-state index in [0.717, 1.165) is 19.4 Å². The summed E-state index contributed by atoms with van der Waals surface area (Å²) in [5, 5.41) is 8.89. The minimum Gasteiger partial charge on any atom is -0.391 e. The molecule has 1 aliphatic carbocycles. The van der Waals surface area contributed by atoms with Gasteiger partial charge in [-0.15, -0.1) is 0 Å². The third-order valence-corrected chi connectivity index (χ3v) is 2.10. The minimum absolute atomic E-state index is 0.341. The molecule has 11 heavy (non-hydrogen) atoms. The van der Waals surface area contributed by atoms with E-state index in [0.29, 0.717) is 18.6 Å². The van der Waals surface area contributed by atoms with E-state index in [1.54, 1.807) is 6.92 Å². The van der Waals surface area contributed by atoms with E-state index in [-0.39, 0.29) is 6.10 Å². The Morgan fingerprint density at radius 1 is 1.64 bits per heavy atom. The van der Waals surface area contributed by atoms with Gasteiger partial charge >= 0.3 is 0 Å². The summed E-state index contributed by atoms with van der Waals surface area (Å²) in [7, 11) is 0. The van der Waals surface area contributed by atoms with Gasteiger partial charge in [0.15, 0.2) is 0 Å². The number of rotatable bonds is 4. The van der Waals surface area contributed by atoms with Crippen LogP contribution in [0.2, 0.25) is 0 Å². The van der Waals surface area contributed by atoms with E-state index in [4.69, 9.17) is 15.6 Å². The van der Waals surface area contributed by atoms with Crippen LogP contribution in [0.5, 0.6) is 0 Å². The van der Waals surface area contributed by atoms with Gasteiger partial charge in [0.25, 0.3) is 0 Å². The molecule has 1 saturated carbocycles. The highest BCUT2D eigenvalue weighted by Crippen LogP contribution is 2.28. The molecule has 0 radical (unpaired) electrons. The van der Waals surface area contributed by atoms with Crippen LogP contribution in [0.1, 0.15) is 19.8 Å². The summed E-state index contributed by atoms with van der Waals surface area (Å²) in [6.45, 7) is 2.97. The molecule has 0 heterocycles. The predicted octanol–water partition coefficient (Wildman–Crippen LogP) is 0.121. The Kier molecular flexibility index (Phi) is 3.30. The van der Waals surface area contributed by atoms with Gasteiger partial charge in [0.2, 0.25) is 0 Å². The average molecular weight is 159 g/mol. The molecule has 0 saturated heterocycles. The number of hydrogen-bond donors (Lipinski definition) is 2. The van der Waals surface area contributed by atoms with E-state index in [2.05, 4.69) is 0 Å². The van der Waals surface area contributed by atoms with Crippen LogP contribution in [0.25, 0.3) is 0 Å². The fourth-order valence-electron chi connectivity index (χ4n) is 1.28. The molecular formula is C8H17NO2. The number of hydrogen-bond acceptors (Lipinski definition) is 3. The van der Waals surface area contributed by atoms with Gasteiger partial charge in [0.1, 0.15) is 0 Å². The van der Waals surface area contributed by atoms with Crippen LogP contribution in [-0.4, -0.2) is 30.5 Å². The summed E-state index contributed by atoms with van der Waals surface area (Å²) in [6, 6.07) is 0. The molecule has 1 rings (SSSR count). The zero-order valence-electron chi connectivity index (χ0n) is 6.99. The first-order valence-corrected chi connectivity index (χ1v) is 4.22. The molecule has 3 N–H and O–H groups in total. The second kappa shape index (κ2) is 4.04. The summed E-state index contributed by atoms with van der Waals surface area (Å²) in [5.41, 5.74) is 5.45. The van der Waals surface area contributed by atoms with Crippen molar-refractivity contribution >= 4 is 0 Å². The van der Waals surface area contributed by atoms with E-state index in [1.165, 1.54) is 0 Å². The highest BCUT2D eigenvalue weighted by molar-refractivity contribution is 4.80. The standard InChI is InChI=1S/C8H17NO2/c1-6(10)5-11-8-2-7(3-8)4-9/h6-8,10H,2-5,9H2,1H3. The Morgan fingerprint density at radius 3 is 2.73 bits per heavy atom. The van der Waals surface area contributed by atoms with Crippen molar-refractivity contribution in [3.8, 4) is 0 Å². The maximum Gasteiger partial charge on any atom is 0.0745 e. The second-order valence-electron chi connectivity index (χ2n) is 3.38. The fraction of sp³-hybridized carbons (Fsp3) is 1.00. The van der Waals surface area contributed by atoms with E-state index >= 15 is 0 Å². The van der Waals surface area contributed by atoms with Crippen molar-refractivity contribution in [2.24, 2.45) is 11.7 Å². The fourth-order valence-corrected chi connectivity index (χ4v) is 1.28. The molecule has 0 aromatic heterocycles. The van der Waals surface area contributed by atoms with Crippen LogP contribution >= 0.6 is 0 Å². The molecule has 1 aliphatic rings. The van der Waals surface area contributed by atoms with Crippen LogP contribution < -0.4 is 5.73 Å². The topological polar surface area (TPSA) is 55.5 Å². The summed E-state index contributed by atoms with van der Waals surface area (Å²) < 4.78 is 5.37. The molecule has 1 unspecified atom stereocenters. The van der Waals surface area contributed by atoms with Crippen molar-refractivity contribution in [1.82, 2.24) is 0 Å². The van der Waals surface area contributed by atoms with Crippen molar-refractivity contribution < 1.29 is 9.84 Å². The largest absolute Gasteiger partial charge is 0.391 e. The number of aliphatic hydroxyl groups excluding tert-OH is 1. The van der Waals surface area contributed by atoms with Gasteiger partial charge in [-0.2, -0.15) is 0 Å². The summed E-state index contributed by atoms with van der Waals surface area (Å²) >= 11 is 0. The SMILES string of the molecule is CC(O)COC1CC(CN)C1. The number of aliphatic hydroxyl groups is 1. The van der Waals surface area contributed by atoms with Crippen molar-refractivity contribution in [1.29, 1.82) is 0 Å². The lowest BCUT2D eigenvalue weighted by molar-refractivity contribution is -0.0584. The van der Waals surface area contributed by atoms with Crippen LogP contribution in [-0.2, 0) is 4.74 Å². The zero-order chi connectivity index (χ0) is 8.27. The highest BCUT2D eigenvalue weighted by atomic mass is 16.5. The van der Waals surface area contributed by atoms with Gasteiger partial charge in [-0.3, -0.25) is 0 Å². The highest BCUT2D eigenvalue weighted by Gasteiger charge is 2.28. The van der Waals surface area contributed by atoms with Gasteiger partial charge in [-0.1, -0.05) is 0 Å². The lowest BCUT2D eigenvalue weighted by atomic mass is 9.82. The molecule has 0 amide bonds. The van der Waals surface area contributed by atoms with Crippen molar-refractivity contribution in [3.63, 3.8) is 0 Å². The number of nitrogens with two attached hydrogens (primary N) is 1. The third-order valence-electron chi connectivity index (χ3n) is 2.10. The van der Waals surface area contributed by atoms with E-state index < -0.39 is 0 Å². The predicted molar refractivity (Wildman–Crippen MR) is 43.2 cm³/mol. The minimum atomic E-state index is -0.341. The summed E-state index contributed by atoms with van der Waals surface area (Å²) in [6.07, 6.45) is 2.16. The molecule has 3 heteroatoms. The van der Waals surface area contributed by atoms with Crippen molar-refractivity contribution in [2.75, 3.05) is 13.2 Å². The summed E-state index contributed by atoms with van der Waals surface area (Å²) in [4.78, 5) is 0. The first-order valence-electron chi connectivity index (χ1n) is 4.22. The smallest absolute Gasteiger partial charge is 0.0745 e. The normalized spacial score (nSPS) is 33.0. The molecule has 0 aromatic rings. The Balaban J connectivity index is 1.96. The van der Waals surface area contributed by atoms with Crippen LogP contribution in [0.4, 0.5) is 0 Å². The first-order chi connectivity index (χ1) is 5.22. The van der Waals surface area contributed by atoms with Gasteiger partial charge in [-0.05, 0) is 32.2 Å². The van der Waals surface area contributed by atoms with Crippen LogP contribution in [0, 0.1) is 5.92 Å². The van der Waals surface area contributed by atoms with Gasteiger partial charge < -0.3 is 15.6 Å². The third kappa shape index (κ3) is 2.77. The second-order valence-corrected chi connectivity index (χ2v) is 3.38. The Morgan fingerprint density at radius 2 is 2.27 bits per heavy atom. The maximum atomic E-state index is 8.89. The molecule has 1 atom stereocenters. The Bertz CT molecular complexity index is 111. The van der Waals surface area contributed by atoms with Crippen molar-refractivity contribution in [3.05, 3.63) is 0 Å². The van der Waals surface area contributed by atoms with Crippen molar-refractivity contribution in [2.45, 2.75) is 32.0 Å². The average Bonchev–Trinajstić information content (AvgIpc) is 1.84. The quantitative estimate of drug-likeness (QED) is 0.612. The Labute approximate surface area is 67.5 Å². The number of ether oxygens (including phenoxy) is 1. The Hall–Kier alpha value is -0.120. The molecule has 0 spiro atoms. The molecule has 1 fully saturated rings. The van der Waals surface area contributed by atoms with E-state index in [1.807, 2.05) is 0 Å². The van der Waals surface area contributed by atoms with Gasteiger partial charge in [0.05, 0.1) is 18.8 Å². The van der Waals surface area contributed by atoms with Crippen LogP contribution in [0.3, 0.4) is 0 Å². The van der Waals surface area contributed by atoms with Crippen LogP contribution in [0.15, 0.2) is 0 Å². The van der Waals surface area contributed by atoms with E-state index in [9.17, 15) is 0 Å². The molecule has 3 nitrogen and oxygen atoms in total. The molecule has 66 valence electrons. The monoisotopic (exact) mass is 159 g/mol. The molecule has 0 aliphatic heterocycles. The first kappa shape index (κ1) is 8.97. The van der Waals surface area contributed by atoms with Gasteiger partial charge in [0, 0.05) is 0 Å². The molecular weight excluding hydrogens is 142 g/mol. The lowest BCUT2D eigenvalue weighted by Gasteiger charge is -2.34. The summed E-state index contributed by atoms with van der Waals surface area (Å²) in [5.74, 6) is 0.661. The zero-order valence-corrected chi connectivity index (χ0v) is 6.99.